The summed E-state index contributed by atoms with van der Waals surface area (Å²) in [5, 5.41) is 11.0. The lowest BCUT2D eigenvalue weighted by Gasteiger charge is -2.08. The van der Waals surface area contributed by atoms with Crippen LogP contribution in [0, 0.1) is 0 Å². The summed E-state index contributed by atoms with van der Waals surface area (Å²) in [6, 6.07) is 15.3. The number of rotatable bonds is 11. The largest absolute Gasteiger partial charge is 0.494 e. The first-order valence-electron chi connectivity index (χ1n) is 9.78. The van der Waals surface area contributed by atoms with E-state index in [1.807, 2.05) is 55.5 Å². The van der Waals surface area contributed by atoms with Crippen molar-refractivity contribution in [1.29, 1.82) is 0 Å². The molecule has 158 valence electrons. The molecule has 3 aromatic rings. The minimum absolute atomic E-state index is 0.0911. The van der Waals surface area contributed by atoms with E-state index in [0.29, 0.717) is 32.1 Å². The Kier molecular flexibility index (Phi) is 7.79. The fourth-order valence-corrected chi connectivity index (χ4v) is 2.86. The molecule has 0 aliphatic rings. The maximum Gasteiger partial charge on any atom is 0.241 e. The summed E-state index contributed by atoms with van der Waals surface area (Å²) < 4.78 is 17.7. The van der Waals surface area contributed by atoms with Gasteiger partial charge in [0.25, 0.3) is 0 Å². The van der Waals surface area contributed by atoms with Crippen LogP contribution in [0.15, 0.2) is 54.7 Å². The van der Waals surface area contributed by atoms with Gasteiger partial charge in [-0.15, -0.1) is 5.10 Å². The maximum absolute atomic E-state index is 12.1. The van der Waals surface area contributed by atoms with Gasteiger partial charge in [-0.1, -0.05) is 23.4 Å². The minimum Gasteiger partial charge on any atom is -0.494 e. The van der Waals surface area contributed by atoms with Gasteiger partial charge in [-0.05, 0) is 42.8 Å². The van der Waals surface area contributed by atoms with E-state index in [-0.39, 0.29) is 12.5 Å². The van der Waals surface area contributed by atoms with Crippen LogP contribution >= 0.6 is 0 Å². The quantitative estimate of drug-likeness (QED) is 0.489. The Balaban J connectivity index is 1.42. The molecule has 8 heteroatoms. The van der Waals surface area contributed by atoms with Crippen LogP contribution in [-0.2, 0) is 22.7 Å². The van der Waals surface area contributed by atoms with Crippen molar-refractivity contribution in [2.75, 3.05) is 26.9 Å². The van der Waals surface area contributed by atoms with Gasteiger partial charge >= 0.3 is 0 Å². The molecule has 30 heavy (non-hydrogen) atoms. The molecule has 8 nitrogen and oxygen atoms in total. The second kappa shape index (κ2) is 11.0. The second-order valence-corrected chi connectivity index (χ2v) is 6.54. The zero-order chi connectivity index (χ0) is 21.2. The summed E-state index contributed by atoms with van der Waals surface area (Å²) >= 11 is 0. The molecule has 0 saturated heterocycles. The number of hydrogen-bond donors (Lipinski definition) is 1. The molecule has 0 unspecified atom stereocenters. The molecule has 0 saturated carbocycles. The fraction of sp³-hybridized carbons (Fsp3) is 0.318. The molecule has 2 aromatic carbocycles. The molecule has 0 spiro atoms. The van der Waals surface area contributed by atoms with Crippen molar-refractivity contribution in [2.24, 2.45) is 0 Å². The molecule has 0 bridgehead atoms. The summed E-state index contributed by atoms with van der Waals surface area (Å²) in [6.45, 7) is 3.95. The number of ether oxygens (including phenoxy) is 3. The monoisotopic (exact) mass is 410 g/mol. The van der Waals surface area contributed by atoms with Crippen molar-refractivity contribution < 1.29 is 19.0 Å². The highest BCUT2D eigenvalue weighted by atomic mass is 16.5. The van der Waals surface area contributed by atoms with Crippen molar-refractivity contribution in [1.82, 2.24) is 20.3 Å². The van der Waals surface area contributed by atoms with Gasteiger partial charge in [0.1, 0.15) is 30.3 Å². The van der Waals surface area contributed by atoms with E-state index >= 15 is 0 Å². The van der Waals surface area contributed by atoms with Gasteiger partial charge in [-0.25, -0.2) is 4.68 Å². The van der Waals surface area contributed by atoms with E-state index < -0.39 is 0 Å². The molecule has 1 N–H and O–H groups in total. The van der Waals surface area contributed by atoms with Crippen LogP contribution in [0.25, 0.3) is 11.3 Å². The predicted octanol–water partition coefficient (Wildman–Crippen LogP) is 2.69. The third-order valence-electron chi connectivity index (χ3n) is 4.21. The number of methoxy groups -OCH3 is 1. The summed E-state index contributed by atoms with van der Waals surface area (Å²) in [5.74, 6) is 1.37. The summed E-state index contributed by atoms with van der Waals surface area (Å²) in [5.41, 5.74) is 2.69. The number of nitrogens with one attached hydrogen (secondary N) is 1. The van der Waals surface area contributed by atoms with E-state index in [9.17, 15) is 4.79 Å². The third kappa shape index (κ3) is 6.31. The van der Waals surface area contributed by atoms with Crippen molar-refractivity contribution >= 4 is 5.91 Å². The van der Waals surface area contributed by atoms with E-state index in [1.54, 1.807) is 13.3 Å². The van der Waals surface area contributed by atoms with E-state index in [1.165, 1.54) is 4.68 Å². The van der Waals surface area contributed by atoms with Crippen LogP contribution < -0.4 is 14.8 Å². The van der Waals surface area contributed by atoms with Crippen LogP contribution in [0.5, 0.6) is 11.5 Å². The summed E-state index contributed by atoms with van der Waals surface area (Å²) in [4.78, 5) is 12.1. The van der Waals surface area contributed by atoms with E-state index in [0.717, 1.165) is 22.6 Å². The molecule has 1 aromatic heterocycles. The number of hydrogen-bond acceptors (Lipinski definition) is 6. The second-order valence-electron chi connectivity index (χ2n) is 6.54. The zero-order valence-corrected chi connectivity index (χ0v) is 17.2. The first-order valence-corrected chi connectivity index (χ1v) is 9.78. The van der Waals surface area contributed by atoms with Crippen LogP contribution in [0.2, 0.25) is 0 Å². The average molecular weight is 410 g/mol. The first kappa shape index (κ1) is 21.3. The summed E-state index contributed by atoms with van der Waals surface area (Å²) in [6.07, 6.45) is 1.75. The van der Waals surface area contributed by atoms with E-state index in [4.69, 9.17) is 14.2 Å². The van der Waals surface area contributed by atoms with Gasteiger partial charge in [0.2, 0.25) is 5.91 Å². The lowest BCUT2D eigenvalue weighted by molar-refractivity contribution is -0.121. The van der Waals surface area contributed by atoms with E-state index in [2.05, 4.69) is 15.6 Å². The van der Waals surface area contributed by atoms with Gasteiger partial charge in [-0.2, -0.15) is 0 Å². The lowest BCUT2D eigenvalue weighted by Crippen LogP contribution is -2.31. The van der Waals surface area contributed by atoms with Crippen molar-refractivity contribution in [3.8, 4) is 22.8 Å². The van der Waals surface area contributed by atoms with Gasteiger partial charge in [-0.3, -0.25) is 4.79 Å². The zero-order valence-electron chi connectivity index (χ0n) is 17.2. The molecule has 0 aliphatic heterocycles. The number of benzene rings is 2. The highest BCUT2D eigenvalue weighted by Crippen LogP contribution is 2.18. The molecular weight excluding hydrogens is 384 g/mol. The highest BCUT2D eigenvalue weighted by Gasteiger charge is 2.08. The number of carbonyl (C=O) groups is 1. The minimum atomic E-state index is -0.158. The number of nitrogens with zero attached hydrogens (tertiary/aromatic N) is 3. The first-order chi connectivity index (χ1) is 14.7. The Morgan fingerprint density at radius 3 is 2.60 bits per heavy atom. The Morgan fingerprint density at radius 2 is 1.87 bits per heavy atom. The Bertz CT molecular complexity index is 940. The van der Waals surface area contributed by atoms with Gasteiger partial charge in [0.15, 0.2) is 0 Å². The maximum atomic E-state index is 12.1. The molecule has 0 aliphatic carbocycles. The van der Waals surface area contributed by atoms with Crippen LogP contribution in [0.4, 0.5) is 0 Å². The number of aromatic nitrogens is 3. The molecule has 0 fully saturated rings. The molecular formula is C22H26N4O4. The molecule has 1 heterocycles. The Labute approximate surface area is 175 Å². The smallest absolute Gasteiger partial charge is 0.241 e. The van der Waals surface area contributed by atoms with Crippen LogP contribution in [0.3, 0.4) is 0 Å². The third-order valence-corrected chi connectivity index (χ3v) is 4.21. The van der Waals surface area contributed by atoms with Crippen molar-refractivity contribution in [2.45, 2.75) is 20.1 Å². The van der Waals surface area contributed by atoms with Gasteiger partial charge < -0.3 is 19.5 Å². The number of amides is 1. The normalized spacial score (nSPS) is 10.6. The van der Waals surface area contributed by atoms with Crippen LogP contribution in [0.1, 0.15) is 12.5 Å². The number of carbonyl (C=O) groups excluding carboxylic acids is 1. The highest BCUT2D eigenvalue weighted by molar-refractivity contribution is 5.75. The SMILES string of the molecule is CCOc1ccc(OCCNC(=O)Cn2cc(-c3cccc(COC)c3)nn2)cc1. The average Bonchev–Trinajstić information content (AvgIpc) is 3.21. The lowest BCUT2D eigenvalue weighted by atomic mass is 10.1. The fourth-order valence-electron chi connectivity index (χ4n) is 2.86. The molecule has 0 radical (unpaired) electrons. The molecule has 3 rings (SSSR count). The Morgan fingerprint density at radius 1 is 1.10 bits per heavy atom. The summed E-state index contributed by atoms with van der Waals surface area (Å²) in [7, 11) is 1.66. The van der Waals surface area contributed by atoms with Crippen molar-refractivity contribution in [3.63, 3.8) is 0 Å². The standard InChI is InChI=1S/C22H26N4O4/c1-3-29-19-7-9-20(10-8-19)30-12-11-23-22(27)15-26-14-21(24-25-26)18-6-4-5-17(13-18)16-28-2/h4-10,13-14H,3,11-12,15-16H2,1-2H3,(H,23,27). The molecule has 1 amide bonds. The predicted molar refractivity (Wildman–Crippen MR) is 112 cm³/mol. The van der Waals surface area contributed by atoms with Gasteiger partial charge in [0, 0.05) is 12.7 Å². The van der Waals surface area contributed by atoms with Gasteiger partial charge in [0.05, 0.1) is 26.0 Å². The van der Waals surface area contributed by atoms with Crippen molar-refractivity contribution in [3.05, 3.63) is 60.3 Å². The topological polar surface area (TPSA) is 87.5 Å². The van der Waals surface area contributed by atoms with Crippen LogP contribution in [-0.4, -0.2) is 47.8 Å². The molecule has 0 atom stereocenters. The Hall–Kier alpha value is -3.39.